The standard InChI is InChI=1S/C26H42O8/c1-24(11-12-33-22-21(30)20(29)19(28)17(14-27)34-22)10-7-16-15(13-24)5-6-18-25(16,2)8-4-9-26(18,3)23(31)32/h5,16-22,27-30H,4,6-14H2,1-3H3,(H,31,32)/t16-,17-,18-,19-,20+,21+,22+,24-,25-,26+/m1/s1. The van der Waals surface area contributed by atoms with Gasteiger partial charge in [0.2, 0.25) is 0 Å². The van der Waals surface area contributed by atoms with Crippen LogP contribution in [0.25, 0.3) is 0 Å². The summed E-state index contributed by atoms with van der Waals surface area (Å²) in [5, 5.41) is 49.5. The molecule has 34 heavy (non-hydrogen) atoms. The van der Waals surface area contributed by atoms with E-state index < -0.39 is 48.7 Å². The largest absolute Gasteiger partial charge is 0.481 e. The first-order valence-electron chi connectivity index (χ1n) is 12.8. The van der Waals surface area contributed by atoms with Gasteiger partial charge in [0, 0.05) is 0 Å². The van der Waals surface area contributed by atoms with Crippen molar-refractivity contribution in [3.63, 3.8) is 0 Å². The van der Waals surface area contributed by atoms with Gasteiger partial charge in [-0.05, 0) is 74.5 Å². The van der Waals surface area contributed by atoms with Crippen molar-refractivity contribution < 1.29 is 39.8 Å². The topological polar surface area (TPSA) is 137 Å². The van der Waals surface area contributed by atoms with Crippen LogP contribution in [0.15, 0.2) is 11.6 Å². The van der Waals surface area contributed by atoms with E-state index in [-0.39, 0.29) is 16.7 Å². The molecule has 194 valence electrons. The normalized spacial score (nSPS) is 49.0. The lowest BCUT2D eigenvalue weighted by atomic mass is 9.45. The van der Waals surface area contributed by atoms with Gasteiger partial charge in [-0.1, -0.05) is 31.9 Å². The number of aliphatic carboxylic acids is 1. The van der Waals surface area contributed by atoms with Crippen LogP contribution in [0.5, 0.6) is 0 Å². The Hall–Kier alpha value is -1.03. The molecule has 8 nitrogen and oxygen atoms in total. The Kier molecular flexibility index (Phi) is 7.24. The molecule has 1 aliphatic heterocycles. The van der Waals surface area contributed by atoms with Gasteiger partial charge in [0.05, 0.1) is 18.6 Å². The summed E-state index contributed by atoms with van der Waals surface area (Å²) in [6, 6.07) is 0. The van der Waals surface area contributed by atoms with E-state index in [9.17, 15) is 30.3 Å². The maximum Gasteiger partial charge on any atom is 0.309 e. The molecule has 2 saturated carbocycles. The highest BCUT2D eigenvalue weighted by molar-refractivity contribution is 5.75. The predicted molar refractivity (Wildman–Crippen MR) is 124 cm³/mol. The van der Waals surface area contributed by atoms with E-state index in [4.69, 9.17) is 9.47 Å². The molecule has 1 heterocycles. The van der Waals surface area contributed by atoms with E-state index in [1.165, 1.54) is 5.57 Å². The fourth-order valence-corrected chi connectivity index (χ4v) is 7.57. The molecule has 3 fully saturated rings. The van der Waals surface area contributed by atoms with Crippen LogP contribution >= 0.6 is 0 Å². The number of rotatable bonds is 6. The van der Waals surface area contributed by atoms with Gasteiger partial charge in [-0.15, -0.1) is 0 Å². The number of hydrogen-bond acceptors (Lipinski definition) is 7. The Labute approximate surface area is 202 Å². The average molecular weight is 483 g/mol. The van der Waals surface area contributed by atoms with E-state index in [2.05, 4.69) is 19.9 Å². The number of fused-ring (bicyclic) bond motifs is 3. The summed E-state index contributed by atoms with van der Waals surface area (Å²) in [6.45, 7) is 6.37. The molecular formula is C26H42O8. The molecule has 0 aromatic rings. The molecule has 1 saturated heterocycles. The van der Waals surface area contributed by atoms with Gasteiger partial charge in [-0.25, -0.2) is 0 Å². The second kappa shape index (κ2) is 9.45. The summed E-state index contributed by atoms with van der Waals surface area (Å²) in [5.74, 6) is -0.0743. The number of carbonyl (C=O) groups is 1. The third kappa shape index (κ3) is 4.35. The number of aliphatic hydroxyl groups excluding tert-OH is 4. The minimum atomic E-state index is -1.44. The first-order valence-corrected chi connectivity index (χ1v) is 12.8. The SMILES string of the molecule is C[C@]1(CCO[C@H]2O[C@H](CO)[C@@H](O)[C@H](O)[C@@H]2O)CC[C@@H]2C(=CC[C@@H]3[C@]2(C)CCC[C@]3(C)C(=O)O)C1. The summed E-state index contributed by atoms with van der Waals surface area (Å²) >= 11 is 0. The lowest BCUT2D eigenvalue weighted by Gasteiger charge is -2.58. The molecule has 5 N–H and O–H groups in total. The van der Waals surface area contributed by atoms with E-state index in [1.54, 1.807) is 0 Å². The van der Waals surface area contributed by atoms with E-state index in [0.717, 1.165) is 51.4 Å². The monoisotopic (exact) mass is 482 g/mol. The Morgan fingerprint density at radius 3 is 2.53 bits per heavy atom. The van der Waals surface area contributed by atoms with Crippen molar-refractivity contribution >= 4 is 5.97 Å². The highest BCUT2D eigenvalue weighted by Crippen LogP contribution is 2.64. The van der Waals surface area contributed by atoms with Crippen LogP contribution in [0.4, 0.5) is 0 Å². The zero-order chi connectivity index (χ0) is 24.9. The molecule has 3 aliphatic carbocycles. The molecule has 0 bridgehead atoms. The quantitative estimate of drug-likeness (QED) is 0.364. The summed E-state index contributed by atoms with van der Waals surface area (Å²) in [5.41, 5.74) is 0.832. The fourth-order valence-electron chi connectivity index (χ4n) is 7.57. The molecule has 4 aliphatic rings. The Morgan fingerprint density at radius 2 is 1.85 bits per heavy atom. The van der Waals surface area contributed by atoms with Gasteiger partial charge in [-0.2, -0.15) is 0 Å². The molecule has 0 unspecified atom stereocenters. The van der Waals surface area contributed by atoms with Crippen LogP contribution in [0, 0.1) is 28.1 Å². The van der Waals surface area contributed by atoms with Crippen molar-refractivity contribution in [3.8, 4) is 0 Å². The third-order valence-electron chi connectivity index (χ3n) is 9.83. The Bertz CT molecular complexity index is 798. The van der Waals surface area contributed by atoms with Crippen molar-refractivity contribution in [2.75, 3.05) is 13.2 Å². The Balaban J connectivity index is 1.39. The van der Waals surface area contributed by atoms with Crippen LogP contribution < -0.4 is 0 Å². The van der Waals surface area contributed by atoms with Gasteiger partial charge in [0.15, 0.2) is 6.29 Å². The number of hydrogen-bond donors (Lipinski definition) is 5. The summed E-state index contributed by atoms with van der Waals surface area (Å²) in [4.78, 5) is 12.2. The molecule has 10 atom stereocenters. The van der Waals surface area contributed by atoms with Crippen molar-refractivity contribution in [1.29, 1.82) is 0 Å². The van der Waals surface area contributed by atoms with Crippen molar-refractivity contribution in [1.82, 2.24) is 0 Å². The highest BCUT2D eigenvalue weighted by Gasteiger charge is 2.58. The van der Waals surface area contributed by atoms with Crippen LogP contribution in [0.3, 0.4) is 0 Å². The predicted octanol–water partition coefficient (Wildman–Crippen LogP) is 2.23. The van der Waals surface area contributed by atoms with E-state index in [1.807, 2.05) is 6.92 Å². The molecule has 0 spiro atoms. The number of allylic oxidation sites excluding steroid dienone is 2. The first kappa shape index (κ1) is 26.0. The molecule has 0 radical (unpaired) electrons. The fraction of sp³-hybridized carbons (Fsp3) is 0.885. The number of carboxylic acid groups (broad SMARTS) is 1. The molecule has 0 aromatic heterocycles. The van der Waals surface area contributed by atoms with Gasteiger partial charge < -0.3 is 35.0 Å². The first-order chi connectivity index (χ1) is 15.9. The smallest absolute Gasteiger partial charge is 0.309 e. The third-order valence-corrected chi connectivity index (χ3v) is 9.83. The van der Waals surface area contributed by atoms with Gasteiger partial charge >= 0.3 is 5.97 Å². The van der Waals surface area contributed by atoms with Gasteiger partial charge in [-0.3, -0.25) is 4.79 Å². The molecule has 8 heteroatoms. The maximum atomic E-state index is 12.2. The molecule has 0 aromatic carbocycles. The van der Waals surface area contributed by atoms with Gasteiger partial charge in [0.25, 0.3) is 0 Å². The maximum absolute atomic E-state index is 12.2. The lowest BCUT2D eigenvalue weighted by molar-refractivity contribution is -0.302. The van der Waals surface area contributed by atoms with Crippen molar-refractivity contribution in [3.05, 3.63) is 11.6 Å². The van der Waals surface area contributed by atoms with Crippen LogP contribution in [-0.2, 0) is 14.3 Å². The van der Waals surface area contributed by atoms with Crippen molar-refractivity contribution in [2.24, 2.45) is 28.1 Å². The Morgan fingerprint density at radius 1 is 1.12 bits per heavy atom. The zero-order valence-electron chi connectivity index (χ0n) is 20.7. The number of ether oxygens (including phenoxy) is 2. The number of carboxylic acids is 1. The minimum absolute atomic E-state index is 0.0175. The second-order valence-corrected chi connectivity index (χ2v) is 12.0. The van der Waals surface area contributed by atoms with Crippen LogP contribution in [0.2, 0.25) is 0 Å². The average Bonchev–Trinajstić information content (AvgIpc) is 2.78. The lowest BCUT2D eigenvalue weighted by Crippen LogP contribution is -2.59. The summed E-state index contributed by atoms with van der Waals surface area (Å²) in [6.07, 6.45) is 3.41. The van der Waals surface area contributed by atoms with Crippen molar-refractivity contribution in [2.45, 2.75) is 103 Å². The van der Waals surface area contributed by atoms with Crippen LogP contribution in [0.1, 0.15) is 72.1 Å². The number of aliphatic hydroxyl groups is 4. The van der Waals surface area contributed by atoms with Crippen LogP contribution in [-0.4, -0.2) is 75.4 Å². The molecule has 4 rings (SSSR count). The minimum Gasteiger partial charge on any atom is -0.481 e. The molecule has 0 amide bonds. The van der Waals surface area contributed by atoms with E-state index >= 15 is 0 Å². The van der Waals surface area contributed by atoms with Gasteiger partial charge in [0.1, 0.15) is 24.4 Å². The highest BCUT2D eigenvalue weighted by atomic mass is 16.7. The summed E-state index contributed by atoms with van der Waals surface area (Å²) < 4.78 is 11.2. The second-order valence-electron chi connectivity index (χ2n) is 12.0. The van der Waals surface area contributed by atoms with E-state index in [0.29, 0.717) is 12.5 Å². The summed E-state index contributed by atoms with van der Waals surface area (Å²) in [7, 11) is 0. The zero-order valence-corrected chi connectivity index (χ0v) is 20.7. The molecular weight excluding hydrogens is 440 g/mol.